The van der Waals surface area contributed by atoms with Crippen molar-refractivity contribution in [2.45, 2.75) is 85.5 Å². The number of rotatable bonds is 13. The quantitative estimate of drug-likeness (QED) is 0.239. The second-order valence-corrected chi connectivity index (χ2v) is 7.78. The van der Waals surface area contributed by atoms with Gasteiger partial charge in [-0.1, -0.05) is 70.2 Å². The van der Waals surface area contributed by atoms with Gasteiger partial charge < -0.3 is 4.74 Å². The van der Waals surface area contributed by atoms with Crippen molar-refractivity contribution < 1.29 is 18.8 Å². The van der Waals surface area contributed by atoms with Crippen molar-refractivity contribution in [1.82, 2.24) is 4.79 Å². The van der Waals surface area contributed by atoms with E-state index in [9.17, 15) is 14.1 Å². The van der Waals surface area contributed by atoms with Crippen molar-refractivity contribution in [1.29, 1.82) is 0 Å². The number of hydrogen-bond acceptors (Lipinski definition) is 3. The molecule has 1 heterocycles. The number of carbonyl (C=O) groups is 2. The Hall–Kier alpha value is -1.65. The predicted octanol–water partition coefficient (Wildman–Crippen LogP) is 6.14. The van der Waals surface area contributed by atoms with Crippen molar-refractivity contribution in [2.24, 2.45) is 5.41 Å². The number of unbranched alkanes of at least 4 members (excludes halogenated alkanes) is 6. The molecule has 0 radical (unpaired) electrons. The van der Waals surface area contributed by atoms with Crippen LogP contribution in [-0.4, -0.2) is 23.1 Å². The highest BCUT2D eigenvalue weighted by Gasteiger charge is 2.25. The molecule has 1 aromatic heterocycles. The number of Topliss-reactive ketones (excluding diaryl/α,β-unsaturated/α-hetero) is 1. The molecule has 26 heavy (non-hydrogen) atoms. The van der Waals surface area contributed by atoms with Gasteiger partial charge in [0.25, 0.3) is 0 Å². The van der Waals surface area contributed by atoms with Gasteiger partial charge in [-0.3, -0.25) is 4.79 Å². The fourth-order valence-electron chi connectivity index (χ4n) is 3.13. The largest absolute Gasteiger partial charge is 0.461 e. The van der Waals surface area contributed by atoms with Crippen LogP contribution in [0.25, 0.3) is 0 Å². The number of hydrogen-bond donors (Lipinski definition) is 0. The number of carbonyl (C=O) groups excluding carboxylic acids is 2. The van der Waals surface area contributed by atoms with Crippen molar-refractivity contribution in [2.75, 3.05) is 6.61 Å². The zero-order valence-electron chi connectivity index (χ0n) is 16.8. The first-order valence-corrected chi connectivity index (χ1v) is 9.89. The van der Waals surface area contributed by atoms with Gasteiger partial charge in [0.1, 0.15) is 0 Å². The number of nitrogens with zero attached hydrogens (tertiary/aromatic N) is 1. The van der Waals surface area contributed by atoms with E-state index in [4.69, 9.17) is 4.74 Å². The molecular formula is C21H34FNO3. The van der Waals surface area contributed by atoms with E-state index >= 15 is 0 Å². The number of halogens is 1. The highest BCUT2D eigenvalue weighted by atomic mass is 19.2. The normalized spacial score (nSPS) is 11.6. The van der Waals surface area contributed by atoms with E-state index in [0.717, 1.165) is 19.0 Å². The summed E-state index contributed by atoms with van der Waals surface area (Å²) in [6.07, 6.45) is 11.1. The Morgan fingerprint density at radius 1 is 1.08 bits per heavy atom. The number of ether oxygens (including phenoxy) is 1. The lowest BCUT2D eigenvalue weighted by Gasteiger charge is -2.23. The molecule has 0 atom stereocenters. The molecule has 0 saturated carbocycles. The second-order valence-electron chi connectivity index (χ2n) is 7.78. The molecular weight excluding hydrogens is 333 g/mol. The lowest BCUT2D eigenvalue weighted by atomic mass is 9.81. The third kappa shape index (κ3) is 7.71. The Labute approximate surface area is 157 Å². The van der Waals surface area contributed by atoms with E-state index in [-0.39, 0.29) is 33.9 Å². The van der Waals surface area contributed by atoms with Gasteiger partial charge in [-0.15, -0.1) is 0 Å². The molecule has 0 fully saturated rings. The molecule has 0 aliphatic rings. The second kappa shape index (κ2) is 11.1. The summed E-state index contributed by atoms with van der Waals surface area (Å²) in [7, 11) is 0. The Morgan fingerprint density at radius 3 is 2.31 bits per heavy atom. The van der Waals surface area contributed by atoms with Crippen LogP contribution in [0.4, 0.5) is 4.48 Å². The van der Waals surface area contributed by atoms with Crippen LogP contribution in [0.5, 0.6) is 0 Å². The van der Waals surface area contributed by atoms with Crippen molar-refractivity contribution in [3.8, 4) is 0 Å². The van der Waals surface area contributed by atoms with Crippen LogP contribution >= 0.6 is 0 Å². The summed E-state index contributed by atoms with van der Waals surface area (Å²) in [6, 6.07) is 1.28. The van der Waals surface area contributed by atoms with E-state index in [1.807, 2.05) is 0 Å². The van der Waals surface area contributed by atoms with Crippen molar-refractivity contribution in [3.05, 3.63) is 23.5 Å². The molecule has 0 aliphatic carbocycles. The Kier molecular flexibility index (Phi) is 9.60. The van der Waals surface area contributed by atoms with Crippen molar-refractivity contribution >= 4 is 11.8 Å². The Balaban J connectivity index is 2.47. The van der Waals surface area contributed by atoms with Gasteiger partial charge in [-0.25, -0.2) is 4.79 Å². The first-order valence-electron chi connectivity index (χ1n) is 9.89. The van der Waals surface area contributed by atoms with Crippen LogP contribution in [0.2, 0.25) is 0 Å². The van der Waals surface area contributed by atoms with Crippen LogP contribution in [0, 0.1) is 5.41 Å². The number of ketones is 1. The smallest absolute Gasteiger partial charge is 0.357 e. The third-order valence-electron chi connectivity index (χ3n) is 4.68. The summed E-state index contributed by atoms with van der Waals surface area (Å²) >= 11 is 0. The Morgan fingerprint density at radius 2 is 1.69 bits per heavy atom. The van der Waals surface area contributed by atoms with Gasteiger partial charge in [0.15, 0.2) is 11.5 Å². The first kappa shape index (κ1) is 22.4. The number of aromatic nitrogens is 1. The average molecular weight is 368 g/mol. The molecule has 0 bridgehead atoms. The molecule has 5 heteroatoms. The summed E-state index contributed by atoms with van der Waals surface area (Å²) in [5.74, 6) is -0.892. The molecule has 0 unspecified atom stereocenters. The number of esters is 1. The van der Waals surface area contributed by atoms with Crippen LogP contribution in [-0.2, 0) is 4.74 Å². The molecule has 0 spiro atoms. The predicted molar refractivity (Wildman–Crippen MR) is 102 cm³/mol. The maximum atomic E-state index is 13.8. The lowest BCUT2D eigenvalue weighted by molar-refractivity contribution is 0.0501. The topological polar surface area (TPSA) is 48.3 Å². The summed E-state index contributed by atoms with van der Waals surface area (Å²) in [6.45, 7) is 8.17. The summed E-state index contributed by atoms with van der Waals surface area (Å²) in [5.41, 5.74) is -0.147. The SMILES string of the molecule is CCCCCCCCCC(C)(C)CC(=O)c1cc(C(=O)OCC)n(F)c1. The molecule has 0 N–H and O–H groups in total. The van der Waals surface area contributed by atoms with Gasteiger partial charge >= 0.3 is 5.97 Å². The summed E-state index contributed by atoms with van der Waals surface area (Å²) in [4.78, 5) is 24.3. The molecule has 0 saturated heterocycles. The van der Waals surface area contributed by atoms with E-state index in [2.05, 4.69) is 20.8 Å². The molecule has 4 nitrogen and oxygen atoms in total. The minimum atomic E-state index is -0.753. The maximum absolute atomic E-state index is 13.8. The molecule has 0 aromatic carbocycles. The molecule has 148 valence electrons. The summed E-state index contributed by atoms with van der Waals surface area (Å²) < 4.78 is 18.6. The van der Waals surface area contributed by atoms with Gasteiger partial charge in [0.2, 0.25) is 0 Å². The van der Waals surface area contributed by atoms with Crippen LogP contribution in [0.1, 0.15) is 106 Å². The molecule has 1 rings (SSSR count). The fraction of sp³-hybridized carbons (Fsp3) is 0.714. The van der Waals surface area contributed by atoms with E-state index in [1.54, 1.807) is 6.92 Å². The average Bonchev–Trinajstić information content (AvgIpc) is 2.96. The minimum absolute atomic E-state index is 0.136. The third-order valence-corrected chi connectivity index (χ3v) is 4.68. The highest BCUT2D eigenvalue weighted by Crippen LogP contribution is 2.30. The summed E-state index contributed by atoms with van der Waals surface area (Å²) in [5, 5.41) is 0. The van der Waals surface area contributed by atoms with Gasteiger partial charge in [-0.05, 0) is 24.8 Å². The zero-order valence-corrected chi connectivity index (χ0v) is 16.8. The minimum Gasteiger partial charge on any atom is -0.461 e. The van der Waals surface area contributed by atoms with Gasteiger partial charge in [-0.2, -0.15) is 4.79 Å². The van der Waals surface area contributed by atoms with Crippen molar-refractivity contribution in [3.63, 3.8) is 0 Å². The van der Waals surface area contributed by atoms with E-state index < -0.39 is 5.97 Å². The highest BCUT2D eigenvalue weighted by molar-refractivity contribution is 5.99. The standard InChI is InChI=1S/C21H34FNO3/c1-5-7-8-9-10-11-12-13-21(3,4)15-19(24)17-14-18(23(22)16-17)20(25)26-6-2/h14,16H,5-13,15H2,1-4H3. The lowest BCUT2D eigenvalue weighted by Crippen LogP contribution is -2.17. The zero-order chi connectivity index (χ0) is 19.6. The van der Waals surface area contributed by atoms with Crippen LogP contribution < -0.4 is 0 Å². The molecule has 0 amide bonds. The van der Waals surface area contributed by atoms with E-state index in [0.29, 0.717) is 6.42 Å². The monoisotopic (exact) mass is 367 g/mol. The van der Waals surface area contributed by atoms with Crippen LogP contribution in [0.3, 0.4) is 0 Å². The first-order chi connectivity index (χ1) is 12.3. The van der Waals surface area contributed by atoms with Gasteiger partial charge in [0, 0.05) is 18.2 Å². The van der Waals surface area contributed by atoms with Gasteiger partial charge in [0.05, 0.1) is 6.61 Å². The molecule has 0 aliphatic heterocycles. The molecule has 1 aromatic rings. The fourth-order valence-corrected chi connectivity index (χ4v) is 3.13. The maximum Gasteiger partial charge on any atom is 0.357 e. The van der Waals surface area contributed by atoms with E-state index in [1.165, 1.54) is 44.6 Å². The Bertz CT molecular complexity index is 578. The van der Waals surface area contributed by atoms with Crippen LogP contribution in [0.15, 0.2) is 12.3 Å².